The van der Waals surface area contributed by atoms with Gasteiger partial charge in [-0.3, -0.25) is 14.4 Å². The van der Waals surface area contributed by atoms with Gasteiger partial charge < -0.3 is 10.1 Å². The van der Waals surface area contributed by atoms with Gasteiger partial charge in [0.15, 0.2) is 0 Å². The number of amides is 1. The van der Waals surface area contributed by atoms with Gasteiger partial charge in [0.2, 0.25) is 5.91 Å². The number of fused-ring (bicyclic) bond motifs is 1. The van der Waals surface area contributed by atoms with E-state index in [1.54, 1.807) is 11.3 Å². The molecule has 2 aromatic heterocycles. The topological polar surface area (TPSA) is 59.4 Å². The van der Waals surface area contributed by atoms with E-state index in [1.807, 2.05) is 28.4 Å². The van der Waals surface area contributed by atoms with Gasteiger partial charge in [-0.15, -0.1) is 11.3 Å². The minimum atomic E-state index is 0.0914. The molecule has 1 saturated heterocycles. The fourth-order valence-corrected chi connectivity index (χ4v) is 4.43. The molecule has 0 aromatic carbocycles. The Hall–Kier alpha value is -1.70. The maximum absolute atomic E-state index is 12.4. The molecule has 4 heterocycles. The van der Waals surface area contributed by atoms with Crippen LogP contribution in [0.2, 0.25) is 0 Å². The number of nitrogens with one attached hydrogen (secondary N) is 1. The van der Waals surface area contributed by atoms with Crippen LogP contribution in [0.15, 0.2) is 29.8 Å². The zero-order chi connectivity index (χ0) is 17.1. The molecule has 1 amide bonds. The molecule has 0 unspecified atom stereocenters. The third kappa shape index (κ3) is 3.94. The van der Waals surface area contributed by atoms with Crippen LogP contribution < -0.4 is 5.32 Å². The largest absolute Gasteiger partial charge is 0.381 e. The summed E-state index contributed by atoms with van der Waals surface area (Å²) in [5, 5.41) is 9.54. The number of hydrogen-bond acceptors (Lipinski definition) is 5. The van der Waals surface area contributed by atoms with E-state index >= 15 is 0 Å². The molecular formula is C18H24N4O2S. The Morgan fingerprint density at radius 1 is 1.36 bits per heavy atom. The molecule has 0 spiro atoms. The highest BCUT2D eigenvalue weighted by atomic mass is 32.1. The van der Waals surface area contributed by atoms with Crippen molar-refractivity contribution < 1.29 is 9.53 Å². The first-order chi connectivity index (χ1) is 12.3. The van der Waals surface area contributed by atoms with E-state index in [0.29, 0.717) is 19.0 Å². The lowest BCUT2D eigenvalue weighted by Crippen LogP contribution is -2.46. The molecule has 1 fully saturated rings. The van der Waals surface area contributed by atoms with Crippen molar-refractivity contribution >= 4 is 17.2 Å². The van der Waals surface area contributed by atoms with Crippen LogP contribution in [0.25, 0.3) is 0 Å². The molecule has 0 saturated carbocycles. The number of aromatic nitrogens is 2. The van der Waals surface area contributed by atoms with E-state index in [-0.39, 0.29) is 11.9 Å². The Balaban J connectivity index is 1.40. The molecular weight excluding hydrogens is 336 g/mol. The number of nitrogens with zero attached hydrogens (tertiary/aromatic N) is 3. The highest BCUT2D eigenvalue weighted by Crippen LogP contribution is 2.27. The Kier molecular flexibility index (Phi) is 5.14. The Labute approximate surface area is 151 Å². The fourth-order valence-electron chi connectivity index (χ4n) is 3.78. The zero-order valence-electron chi connectivity index (χ0n) is 14.3. The molecule has 134 valence electrons. The summed E-state index contributed by atoms with van der Waals surface area (Å²) < 4.78 is 7.54. The van der Waals surface area contributed by atoms with Crippen LogP contribution in [-0.2, 0) is 22.6 Å². The molecule has 7 heteroatoms. The van der Waals surface area contributed by atoms with Crippen molar-refractivity contribution in [3.8, 4) is 0 Å². The van der Waals surface area contributed by atoms with Gasteiger partial charge in [-0.1, -0.05) is 6.07 Å². The first kappa shape index (κ1) is 16.8. The highest BCUT2D eigenvalue weighted by Gasteiger charge is 2.31. The third-order valence-corrected chi connectivity index (χ3v) is 5.95. The fraction of sp³-hybridized carbons (Fsp3) is 0.556. The van der Waals surface area contributed by atoms with Crippen molar-refractivity contribution in [2.75, 3.05) is 19.8 Å². The van der Waals surface area contributed by atoms with Crippen LogP contribution in [0.1, 0.15) is 35.9 Å². The standard InChI is InChI=1S/C18H24N4O2S/c23-18(19-11-17-2-1-9-25-17)10-16-13-21(14-4-7-24-8-5-14)12-15-3-6-20-22(15)16/h1-3,6,9,14,16H,4-5,7-8,10-13H2,(H,19,23)/t16-/m1/s1. The molecule has 1 N–H and O–H groups in total. The second kappa shape index (κ2) is 7.68. The van der Waals surface area contributed by atoms with Gasteiger partial charge in [-0.2, -0.15) is 5.10 Å². The predicted molar refractivity (Wildman–Crippen MR) is 96.3 cm³/mol. The van der Waals surface area contributed by atoms with Crippen molar-refractivity contribution in [3.63, 3.8) is 0 Å². The minimum Gasteiger partial charge on any atom is -0.381 e. The summed E-state index contributed by atoms with van der Waals surface area (Å²) in [5.41, 5.74) is 1.20. The number of hydrogen-bond donors (Lipinski definition) is 1. The normalized spacial score (nSPS) is 21.8. The highest BCUT2D eigenvalue weighted by molar-refractivity contribution is 7.09. The summed E-state index contributed by atoms with van der Waals surface area (Å²) in [4.78, 5) is 16.1. The van der Waals surface area contributed by atoms with Crippen molar-refractivity contribution in [2.45, 2.75) is 44.4 Å². The number of rotatable bonds is 5. The average Bonchev–Trinajstić information content (AvgIpc) is 3.32. The summed E-state index contributed by atoms with van der Waals surface area (Å²) in [7, 11) is 0. The van der Waals surface area contributed by atoms with Crippen molar-refractivity contribution in [3.05, 3.63) is 40.3 Å². The first-order valence-electron chi connectivity index (χ1n) is 8.93. The van der Waals surface area contributed by atoms with E-state index in [1.165, 1.54) is 10.6 Å². The summed E-state index contributed by atoms with van der Waals surface area (Å²) in [6.07, 6.45) is 4.47. The summed E-state index contributed by atoms with van der Waals surface area (Å²) in [6.45, 7) is 4.08. The van der Waals surface area contributed by atoms with Crippen molar-refractivity contribution in [2.24, 2.45) is 0 Å². The van der Waals surface area contributed by atoms with Crippen LogP contribution in [0, 0.1) is 0 Å². The number of carbonyl (C=O) groups excluding carboxylic acids is 1. The molecule has 1 atom stereocenters. The van der Waals surface area contributed by atoms with Crippen LogP contribution in [0.5, 0.6) is 0 Å². The van der Waals surface area contributed by atoms with Gasteiger partial charge in [-0.25, -0.2) is 0 Å². The molecule has 4 rings (SSSR count). The molecule has 2 aliphatic heterocycles. The predicted octanol–water partition coefficient (Wildman–Crippen LogP) is 2.19. The maximum Gasteiger partial charge on any atom is 0.222 e. The molecule has 25 heavy (non-hydrogen) atoms. The Bertz CT molecular complexity index is 694. The minimum absolute atomic E-state index is 0.0914. The number of ether oxygens (including phenoxy) is 1. The molecule has 2 aromatic rings. The second-order valence-electron chi connectivity index (χ2n) is 6.75. The number of carbonyl (C=O) groups is 1. The lowest BCUT2D eigenvalue weighted by atomic mass is 10.0. The Morgan fingerprint density at radius 3 is 3.04 bits per heavy atom. The lowest BCUT2D eigenvalue weighted by Gasteiger charge is -2.40. The molecule has 0 aliphatic carbocycles. The van der Waals surface area contributed by atoms with Crippen molar-refractivity contribution in [1.29, 1.82) is 0 Å². The van der Waals surface area contributed by atoms with Gasteiger partial charge in [0, 0.05) is 43.4 Å². The molecule has 6 nitrogen and oxygen atoms in total. The van der Waals surface area contributed by atoms with Gasteiger partial charge >= 0.3 is 0 Å². The quantitative estimate of drug-likeness (QED) is 0.888. The number of thiophene rings is 1. The third-order valence-electron chi connectivity index (χ3n) is 5.08. The van der Waals surface area contributed by atoms with Crippen LogP contribution in [0.4, 0.5) is 0 Å². The van der Waals surface area contributed by atoms with Crippen LogP contribution in [-0.4, -0.2) is 46.4 Å². The maximum atomic E-state index is 12.4. The van der Waals surface area contributed by atoms with Gasteiger partial charge in [-0.05, 0) is 30.4 Å². The van der Waals surface area contributed by atoms with Crippen molar-refractivity contribution in [1.82, 2.24) is 20.0 Å². The van der Waals surface area contributed by atoms with E-state index in [0.717, 1.165) is 39.1 Å². The van der Waals surface area contributed by atoms with Crippen LogP contribution in [0.3, 0.4) is 0 Å². The molecule has 0 radical (unpaired) electrons. The van der Waals surface area contributed by atoms with Crippen LogP contribution >= 0.6 is 11.3 Å². The lowest BCUT2D eigenvalue weighted by molar-refractivity contribution is -0.122. The van der Waals surface area contributed by atoms with E-state index in [4.69, 9.17) is 4.74 Å². The molecule has 0 bridgehead atoms. The SMILES string of the molecule is O=C(C[C@@H]1CN(C2CCOCC2)Cc2ccnn21)NCc1cccs1. The monoisotopic (exact) mass is 360 g/mol. The summed E-state index contributed by atoms with van der Waals surface area (Å²) >= 11 is 1.67. The average molecular weight is 360 g/mol. The van der Waals surface area contributed by atoms with E-state index in [2.05, 4.69) is 21.4 Å². The Morgan fingerprint density at radius 2 is 2.24 bits per heavy atom. The van der Waals surface area contributed by atoms with E-state index in [9.17, 15) is 4.79 Å². The second-order valence-corrected chi connectivity index (χ2v) is 7.79. The molecule has 2 aliphatic rings. The zero-order valence-corrected chi connectivity index (χ0v) is 15.1. The summed E-state index contributed by atoms with van der Waals surface area (Å²) in [6, 6.07) is 6.78. The summed E-state index contributed by atoms with van der Waals surface area (Å²) in [5.74, 6) is 0.0914. The van der Waals surface area contributed by atoms with Gasteiger partial charge in [0.25, 0.3) is 0 Å². The smallest absolute Gasteiger partial charge is 0.222 e. The van der Waals surface area contributed by atoms with Gasteiger partial charge in [0.1, 0.15) is 0 Å². The van der Waals surface area contributed by atoms with Gasteiger partial charge in [0.05, 0.1) is 24.7 Å². The first-order valence-corrected chi connectivity index (χ1v) is 9.81. The van der Waals surface area contributed by atoms with E-state index < -0.39 is 0 Å².